The Balaban J connectivity index is 1.68. The van der Waals surface area contributed by atoms with E-state index in [0.717, 1.165) is 5.56 Å². The zero-order valence-electron chi connectivity index (χ0n) is 17.2. The first-order chi connectivity index (χ1) is 15.4. The summed E-state index contributed by atoms with van der Waals surface area (Å²) in [5, 5.41) is 8.44. The van der Waals surface area contributed by atoms with Gasteiger partial charge in [-0.3, -0.25) is 0 Å². The van der Waals surface area contributed by atoms with Gasteiger partial charge in [0.05, 0.1) is 12.2 Å². The number of esters is 1. The fourth-order valence-electron chi connectivity index (χ4n) is 3.40. The molecule has 0 spiro atoms. The molecule has 0 saturated heterocycles. The molecule has 0 fully saturated rings. The van der Waals surface area contributed by atoms with Crippen molar-refractivity contribution in [3.05, 3.63) is 81.5 Å². The fourth-order valence-corrected chi connectivity index (χ4v) is 4.55. The van der Waals surface area contributed by atoms with Gasteiger partial charge in [-0.25, -0.2) is 18.3 Å². The van der Waals surface area contributed by atoms with Crippen LogP contribution in [0.1, 0.15) is 31.0 Å². The number of hydrogen-bond acceptors (Lipinski definition) is 6. The lowest BCUT2D eigenvalue weighted by Crippen LogP contribution is -2.29. The molecule has 2 aromatic carbocycles. The summed E-state index contributed by atoms with van der Waals surface area (Å²) in [4.78, 5) is 17.3. The smallest absolute Gasteiger partial charge is 0.338 e. The van der Waals surface area contributed by atoms with Gasteiger partial charge in [-0.1, -0.05) is 41.6 Å². The van der Waals surface area contributed by atoms with Crippen molar-refractivity contribution in [3.8, 4) is 0 Å². The number of rotatable bonds is 6. The molecule has 166 valence electrons. The number of hydrogen-bond donors (Lipinski definition) is 1. The monoisotopic (exact) mass is 476 g/mol. The summed E-state index contributed by atoms with van der Waals surface area (Å²) in [7, 11) is 0. The van der Waals surface area contributed by atoms with E-state index >= 15 is 0 Å². The third-order valence-corrected chi connectivity index (χ3v) is 6.12. The minimum atomic E-state index is -0.637. The van der Waals surface area contributed by atoms with Crippen molar-refractivity contribution >= 4 is 35.3 Å². The first kappa shape index (κ1) is 22.3. The number of allylic oxidation sites excluding steroid dienone is 1. The van der Waals surface area contributed by atoms with E-state index in [1.165, 1.54) is 36.0 Å². The van der Waals surface area contributed by atoms with Crippen LogP contribution in [0.3, 0.4) is 0 Å². The van der Waals surface area contributed by atoms with E-state index in [9.17, 15) is 13.6 Å². The van der Waals surface area contributed by atoms with Gasteiger partial charge in [0.15, 0.2) is 0 Å². The second-order valence-corrected chi connectivity index (χ2v) is 8.37. The van der Waals surface area contributed by atoms with E-state index in [1.807, 2.05) is 0 Å². The molecule has 1 aliphatic heterocycles. The maximum absolute atomic E-state index is 13.5. The van der Waals surface area contributed by atoms with Gasteiger partial charge in [0, 0.05) is 16.5 Å². The van der Waals surface area contributed by atoms with Crippen LogP contribution in [0.2, 0.25) is 5.02 Å². The molecule has 0 aliphatic carbocycles. The number of carbonyl (C=O) groups excluding carboxylic acids is 1. The van der Waals surface area contributed by atoms with Crippen LogP contribution >= 0.6 is 23.4 Å². The topological polar surface area (TPSA) is 69.0 Å². The Hall–Kier alpha value is -2.91. The van der Waals surface area contributed by atoms with Gasteiger partial charge >= 0.3 is 5.97 Å². The first-order valence-electron chi connectivity index (χ1n) is 9.81. The van der Waals surface area contributed by atoms with Crippen molar-refractivity contribution in [1.82, 2.24) is 14.8 Å². The summed E-state index contributed by atoms with van der Waals surface area (Å²) in [6, 6.07) is 9.46. The van der Waals surface area contributed by atoms with Gasteiger partial charge in [0.25, 0.3) is 0 Å². The molecule has 1 N–H and O–H groups in total. The maximum atomic E-state index is 13.5. The van der Waals surface area contributed by atoms with Crippen LogP contribution in [-0.4, -0.2) is 27.3 Å². The van der Waals surface area contributed by atoms with Crippen molar-refractivity contribution in [3.63, 3.8) is 0 Å². The van der Waals surface area contributed by atoms with Crippen molar-refractivity contribution in [2.75, 3.05) is 11.9 Å². The summed E-state index contributed by atoms with van der Waals surface area (Å²) >= 11 is 7.44. The van der Waals surface area contributed by atoms with Gasteiger partial charge in [-0.05, 0) is 49.2 Å². The third-order valence-electron chi connectivity index (χ3n) is 4.89. The molecule has 32 heavy (non-hydrogen) atoms. The summed E-state index contributed by atoms with van der Waals surface area (Å²) < 4.78 is 33.7. The van der Waals surface area contributed by atoms with E-state index in [1.54, 1.807) is 36.7 Å². The largest absolute Gasteiger partial charge is 0.463 e. The fraction of sp³-hybridized carbons (Fsp3) is 0.227. The number of nitrogens with one attached hydrogen (secondary N) is 1. The molecule has 0 bridgehead atoms. The maximum Gasteiger partial charge on any atom is 0.338 e. The zero-order chi connectivity index (χ0) is 22.8. The van der Waals surface area contributed by atoms with Crippen LogP contribution in [0.4, 0.5) is 14.7 Å². The Bertz CT molecular complexity index is 1200. The van der Waals surface area contributed by atoms with Crippen molar-refractivity contribution < 1.29 is 18.3 Å². The molecule has 1 aromatic heterocycles. The highest BCUT2D eigenvalue weighted by molar-refractivity contribution is 7.98. The highest BCUT2D eigenvalue weighted by Crippen LogP contribution is 2.37. The molecule has 0 amide bonds. The SMILES string of the molecule is CCOC(=O)C1=C(C)Nc2nc(SCc3ccc(F)cc3Cl)nn2[C@H]1c1ccc(F)cc1. The molecular formula is C22H19ClF2N4O2S. The Morgan fingerprint density at radius 1 is 1.22 bits per heavy atom. The van der Waals surface area contributed by atoms with Crippen LogP contribution in [0.15, 0.2) is 58.9 Å². The minimum Gasteiger partial charge on any atom is -0.463 e. The molecule has 2 heterocycles. The first-order valence-corrected chi connectivity index (χ1v) is 11.2. The molecule has 0 unspecified atom stereocenters. The number of anilines is 1. The Kier molecular flexibility index (Phi) is 6.48. The molecule has 4 rings (SSSR count). The summed E-state index contributed by atoms with van der Waals surface area (Å²) in [5.41, 5.74) is 2.36. The van der Waals surface area contributed by atoms with E-state index in [0.29, 0.717) is 38.7 Å². The molecule has 1 aliphatic rings. The Morgan fingerprint density at radius 3 is 2.62 bits per heavy atom. The van der Waals surface area contributed by atoms with Crippen molar-refractivity contribution in [2.45, 2.75) is 30.8 Å². The number of halogens is 3. The highest BCUT2D eigenvalue weighted by atomic mass is 35.5. The van der Waals surface area contributed by atoms with Crippen LogP contribution in [0.25, 0.3) is 0 Å². The number of nitrogens with zero attached hydrogens (tertiary/aromatic N) is 3. The lowest BCUT2D eigenvalue weighted by atomic mass is 9.96. The molecule has 6 nitrogen and oxygen atoms in total. The standard InChI is InChI=1S/C22H19ClF2N4O2S/c1-3-31-20(30)18-12(2)26-21-27-22(32-11-14-6-9-16(25)10-17(14)23)28-29(21)19(18)13-4-7-15(24)8-5-13/h4-10,19H,3,11H2,1-2H3,(H,26,27,28)/t19-/m0/s1. The molecule has 0 saturated carbocycles. The summed E-state index contributed by atoms with van der Waals surface area (Å²) in [5.74, 6) is -0.398. The molecular weight excluding hydrogens is 458 g/mol. The van der Waals surface area contributed by atoms with Crippen LogP contribution < -0.4 is 5.32 Å². The molecule has 1 atom stereocenters. The van der Waals surface area contributed by atoms with Gasteiger partial charge in [0.2, 0.25) is 11.1 Å². The van der Waals surface area contributed by atoms with Gasteiger partial charge in [0.1, 0.15) is 17.7 Å². The number of carbonyl (C=O) groups is 1. The number of aromatic nitrogens is 3. The van der Waals surface area contributed by atoms with Gasteiger partial charge in [-0.2, -0.15) is 4.98 Å². The van der Waals surface area contributed by atoms with Crippen LogP contribution in [0.5, 0.6) is 0 Å². The predicted octanol–water partition coefficient (Wildman–Crippen LogP) is 5.35. The van der Waals surface area contributed by atoms with Crippen molar-refractivity contribution in [2.24, 2.45) is 0 Å². The second kappa shape index (κ2) is 9.30. The predicted molar refractivity (Wildman–Crippen MR) is 118 cm³/mol. The van der Waals surface area contributed by atoms with E-state index in [2.05, 4.69) is 15.4 Å². The number of thioether (sulfide) groups is 1. The molecule has 10 heteroatoms. The van der Waals surface area contributed by atoms with Gasteiger partial charge < -0.3 is 10.1 Å². The lowest BCUT2D eigenvalue weighted by molar-refractivity contribution is -0.139. The van der Waals surface area contributed by atoms with Gasteiger partial charge in [-0.15, -0.1) is 5.10 Å². The van der Waals surface area contributed by atoms with E-state index < -0.39 is 17.8 Å². The van der Waals surface area contributed by atoms with E-state index in [4.69, 9.17) is 16.3 Å². The van der Waals surface area contributed by atoms with Crippen molar-refractivity contribution in [1.29, 1.82) is 0 Å². The quantitative estimate of drug-likeness (QED) is 0.382. The average molecular weight is 477 g/mol. The summed E-state index contributed by atoms with van der Waals surface area (Å²) in [6.45, 7) is 3.70. The highest BCUT2D eigenvalue weighted by Gasteiger charge is 2.35. The van der Waals surface area contributed by atoms with E-state index in [-0.39, 0.29) is 12.4 Å². The number of benzene rings is 2. The Labute approximate surface area is 192 Å². The minimum absolute atomic E-state index is 0.218. The Morgan fingerprint density at radius 2 is 1.94 bits per heavy atom. The average Bonchev–Trinajstić information content (AvgIpc) is 3.15. The zero-order valence-corrected chi connectivity index (χ0v) is 18.8. The van der Waals surface area contributed by atoms with Crippen LogP contribution in [0, 0.1) is 11.6 Å². The molecule has 3 aromatic rings. The third kappa shape index (κ3) is 4.49. The normalized spacial score (nSPS) is 15.3. The molecule has 0 radical (unpaired) electrons. The second-order valence-electron chi connectivity index (χ2n) is 7.03. The number of ether oxygens (including phenoxy) is 1. The van der Waals surface area contributed by atoms with Crippen LogP contribution in [-0.2, 0) is 15.3 Å². The lowest BCUT2D eigenvalue weighted by Gasteiger charge is -2.28. The summed E-state index contributed by atoms with van der Waals surface area (Å²) in [6.07, 6.45) is 0. The number of fused-ring (bicyclic) bond motifs is 1.